The maximum absolute atomic E-state index is 6.05. The fourth-order valence-electron chi connectivity index (χ4n) is 2.29. The SMILES string of the molecule is CC(C)n1c(-c2ccsc2N)nc2cc(Br)ccc21. The Hall–Kier alpha value is -1.33. The van der Waals surface area contributed by atoms with Crippen LogP contribution in [0.15, 0.2) is 34.1 Å². The minimum Gasteiger partial charge on any atom is -0.390 e. The summed E-state index contributed by atoms with van der Waals surface area (Å²) in [5.74, 6) is 0.946. The minimum atomic E-state index is 0.334. The van der Waals surface area contributed by atoms with Crippen LogP contribution in [-0.4, -0.2) is 9.55 Å². The first-order chi connectivity index (χ1) is 9.08. The molecule has 0 aliphatic heterocycles. The number of imidazole rings is 1. The van der Waals surface area contributed by atoms with Gasteiger partial charge in [0, 0.05) is 10.5 Å². The quantitative estimate of drug-likeness (QED) is 0.738. The average Bonchev–Trinajstić information content (AvgIpc) is 2.91. The molecule has 0 aliphatic rings. The van der Waals surface area contributed by atoms with Crippen molar-refractivity contribution in [1.82, 2.24) is 9.55 Å². The van der Waals surface area contributed by atoms with Gasteiger partial charge in [-0.3, -0.25) is 0 Å². The Morgan fingerprint density at radius 1 is 1.32 bits per heavy atom. The monoisotopic (exact) mass is 335 g/mol. The van der Waals surface area contributed by atoms with E-state index in [1.807, 2.05) is 23.6 Å². The van der Waals surface area contributed by atoms with Crippen molar-refractivity contribution >= 4 is 43.3 Å². The Morgan fingerprint density at radius 3 is 2.74 bits per heavy atom. The molecule has 0 fully saturated rings. The van der Waals surface area contributed by atoms with Gasteiger partial charge in [-0.05, 0) is 43.5 Å². The van der Waals surface area contributed by atoms with Gasteiger partial charge in [0.05, 0.1) is 21.6 Å². The van der Waals surface area contributed by atoms with Crippen LogP contribution < -0.4 is 5.73 Å². The van der Waals surface area contributed by atoms with Crippen LogP contribution in [0.4, 0.5) is 5.00 Å². The lowest BCUT2D eigenvalue weighted by molar-refractivity contribution is 0.624. The van der Waals surface area contributed by atoms with Crippen LogP contribution in [0.3, 0.4) is 0 Å². The summed E-state index contributed by atoms with van der Waals surface area (Å²) < 4.78 is 3.28. The standard InChI is InChI=1S/C14H14BrN3S/c1-8(2)18-12-4-3-9(15)7-11(12)17-14(18)10-5-6-19-13(10)16/h3-8H,16H2,1-2H3. The van der Waals surface area contributed by atoms with Gasteiger partial charge in [-0.25, -0.2) is 4.98 Å². The third-order valence-electron chi connectivity index (χ3n) is 3.10. The van der Waals surface area contributed by atoms with E-state index in [2.05, 4.69) is 40.4 Å². The third-order valence-corrected chi connectivity index (χ3v) is 4.34. The molecule has 2 N–H and O–H groups in total. The number of aromatic nitrogens is 2. The van der Waals surface area contributed by atoms with Crippen LogP contribution >= 0.6 is 27.3 Å². The third kappa shape index (κ3) is 2.07. The van der Waals surface area contributed by atoms with E-state index in [1.54, 1.807) is 11.3 Å². The highest BCUT2D eigenvalue weighted by Gasteiger charge is 2.17. The van der Waals surface area contributed by atoms with E-state index in [0.29, 0.717) is 6.04 Å². The van der Waals surface area contributed by atoms with Gasteiger partial charge in [-0.1, -0.05) is 15.9 Å². The fraction of sp³-hybridized carbons (Fsp3) is 0.214. The summed E-state index contributed by atoms with van der Waals surface area (Å²) in [5.41, 5.74) is 9.20. The molecular weight excluding hydrogens is 322 g/mol. The van der Waals surface area contributed by atoms with Crippen molar-refractivity contribution in [3.05, 3.63) is 34.1 Å². The zero-order valence-electron chi connectivity index (χ0n) is 10.7. The second kappa shape index (κ2) is 4.65. The largest absolute Gasteiger partial charge is 0.390 e. The second-order valence-electron chi connectivity index (χ2n) is 4.73. The number of benzene rings is 1. The molecule has 98 valence electrons. The van der Waals surface area contributed by atoms with Crippen LogP contribution in [0.1, 0.15) is 19.9 Å². The lowest BCUT2D eigenvalue weighted by Crippen LogP contribution is -2.03. The highest BCUT2D eigenvalue weighted by atomic mass is 79.9. The summed E-state index contributed by atoms with van der Waals surface area (Å²) in [5, 5.41) is 2.82. The Kier molecular flexibility index (Phi) is 3.11. The molecular formula is C14H14BrN3S. The summed E-state index contributed by atoms with van der Waals surface area (Å²) in [6.45, 7) is 4.32. The number of fused-ring (bicyclic) bond motifs is 1. The summed E-state index contributed by atoms with van der Waals surface area (Å²) in [6, 6.07) is 8.55. The molecule has 5 heteroatoms. The molecule has 0 bridgehead atoms. The van der Waals surface area contributed by atoms with Crippen molar-refractivity contribution in [3.8, 4) is 11.4 Å². The van der Waals surface area contributed by atoms with Crippen molar-refractivity contribution < 1.29 is 0 Å². The number of nitrogen functional groups attached to an aromatic ring is 1. The van der Waals surface area contributed by atoms with Crippen LogP contribution in [0, 0.1) is 0 Å². The fourth-order valence-corrected chi connectivity index (χ4v) is 3.28. The molecule has 2 heterocycles. The first-order valence-corrected chi connectivity index (χ1v) is 7.76. The number of nitrogens with zero attached hydrogens (tertiary/aromatic N) is 2. The maximum Gasteiger partial charge on any atom is 0.144 e. The molecule has 0 unspecified atom stereocenters. The minimum absolute atomic E-state index is 0.334. The lowest BCUT2D eigenvalue weighted by atomic mass is 10.2. The Balaban J connectivity index is 2.35. The number of nitrogens with two attached hydrogens (primary N) is 1. The zero-order chi connectivity index (χ0) is 13.6. The first-order valence-electron chi connectivity index (χ1n) is 6.08. The molecule has 3 rings (SSSR count). The van der Waals surface area contributed by atoms with Gasteiger partial charge in [-0.15, -0.1) is 11.3 Å². The van der Waals surface area contributed by atoms with Gasteiger partial charge in [0.15, 0.2) is 0 Å². The van der Waals surface area contributed by atoms with Crippen LogP contribution in [0.2, 0.25) is 0 Å². The topological polar surface area (TPSA) is 43.8 Å². The number of hydrogen-bond acceptors (Lipinski definition) is 3. The van der Waals surface area contributed by atoms with Crippen molar-refractivity contribution in [2.45, 2.75) is 19.9 Å². The number of halogens is 1. The second-order valence-corrected chi connectivity index (χ2v) is 6.59. The average molecular weight is 336 g/mol. The van der Waals surface area contributed by atoms with Gasteiger partial charge in [0.1, 0.15) is 5.82 Å². The molecule has 3 aromatic rings. The van der Waals surface area contributed by atoms with Gasteiger partial charge in [0.25, 0.3) is 0 Å². The van der Waals surface area contributed by atoms with E-state index < -0.39 is 0 Å². The van der Waals surface area contributed by atoms with Gasteiger partial charge >= 0.3 is 0 Å². The Labute approximate surface area is 124 Å². The van der Waals surface area contributed by atoms with Crippen molar-refractivity contribution in [2.75, 3.05) is 5.73 Å². The molecule has 0 saturated carbocycles. The lowest BCUT2D eigenvalue weighted by Gasteiger charge is -2.12. The maximum atomic E-state index is 6.05. The summed E-state index contributed by atoms with van der Waals surface area (Å²) in [7, 11) is 0. The first kappa shape index (κ1) is 12.7. The van der Waals surface area contributed by atoms with E-state index in [0.717, 1.165) is 31.9 Å². The molecule has 0 atom stereocenters. The van der Waals surface area contributed by atoms with E-state index in [1.165, 1.54) is 0 Å². The van der Waals surface area contributed by atoms with Crippen LogP contribution in [0.25, 0.3) is 22.4 Å². The molecule has 0 saturated heterocycles. The van der Waals surface area contributed by atoms with Crippen molar-refractivity contribution in [1.29, 1.82) is 0 Å². The van der Waals surface area contributed by atoms with E-state index in [4.69, 9.17) is 10.7 Å². The molecule has 0 aliphatic carbocycles. The van der Waals surface area contributed by atoms with Crippen molar-refractivity contribution in [3.63, 3.8) is 0 Å². The molecule has 0 amide bonds. The molecule has 3 nitrogen and oxygen atoms in total. The highest BCUT2D eigenvalue weighted by Crippen LogP contribution is 2.34. The van der Waals surface area contributed by atoms with Gasteiger partial charge in [0.2, 0.25) is 0 Å². The molecule has 1 aromatic carbocycles. The summed E-state index contributed by atoms with van der Waals surface area (Å²) >= 11 is 5.04. The predicted octanol–water partition coefficient (Wildman–Crippen LogP) is 4.69. The van der Waals surface area contributed by atoms with Crippen LogP contribution in [-0.2, 0) is 0 Å². The number of hydrogen-bond donors (Lipinski definition) is 1. The van der Waals surface area contributed by atoms with E-state index in [9.17, 15) is 0 Å². The predicted molar refractivity (Wildman–Crippen MR) is 85.5 cm³/mol. The van der Waals surface area contributed by atoms with Crippen LogP contribution in [0.5, 0.6) is 0 Å². The summed E-state index contributed by atoms with van der Waals surface area (Å²) in [6.07, 6.45) is 0. The molecule has 0 spiro atoms. The molecule has 0 radical (unpaired) electrons. The number of thiophene rings is 1. The molecule has 2 aromatic heterocycles. The summed E-state index contributed by atoms with van der Waals surface area (Å²) in [4.78, 5) is 4.76. The highest BCUT2D eigenvalue weighted by molar-refractivity contribution is 9.10. The van der Waals surface area contributed by atoms with Crippen molar-refractivity contribution in [2.24, 2.45) is 0 Å². The zero-order valence-corrected chi connectivity index (χ0v) is 13.1. The smallest absolute Gasteiger partial charge is 0.144 e. The normalized spacial score (nSPS) is 11.6. The Morgan fingerprint density at radius 2 is 2.11 bits per heavy atom. The number of anilines is 1. The Bertz CT molecular complexity index is 742. The van der Waals surface area contributed by atoms with Gasteiger partial charge < -0.3 is 10.3 Å². The van der Waals surface area contributed by atoms with E-state index in [-0.39, 0.29) is 0 Å². The van der Waals surface area contributed by atoms with Gasteiger partial charge in [-0.2, -0.15) is 0 Å². The van der Waals surface area contributed by atoms with E-state index >= 15 is 0 Å². The number of rotatable bonds is 2. The molecule has 19 heavy (non-hydrogen) atoms.